The topological polar surface area (TPSA) is 34.8 Å². The van der Waals surface area contributed by atoms with Gasteiger partial charge in [0.2, 0.25) is 0 Å². The van der Waals surface area contributed by atoms with Crippen molar-refractivity contribution in [2.45, 2.75) is 38.0 Å². The van der Waals surface area contributed by atoms with Gasteiger partial charge in [0.05, 0.1) is 38.9 Å². The molecular formula is C65H45N3O. The summed E-state index contributed by atoms with van der Waals surface area (Å²) in [5.41, 5.74) is 19.3. The molecule has 4 aromatic heterocycles. The highest BCUT2D eigenvalue weighted by Gasteiger charge is 2.33. The van der Waals surface area contributed by atoms with Gasteiger partial charge in [0.1, 0.15) is 17.2 Å². The van der Waals surface area contributed by atoms with Crippen molar-refractivity contribution in [3.05, 3.63) is 240 Å². The van der Waals surface area contributed by atoms with Crippen LogP contribution in [0.3, 0.4) is 0 Å². The highest BCUT2D eigenvalue weighted by Crippen LogP contribution is 2.50. The number of hydrogen-bond donors (Lipinski definition) is 0. The van der Waals surface area contributed by atoms with Crippen molar-refractivity contribution >= 4 is 82.4 Å². The summed E-state index contributed by atoms with van der Waals surface area (Å²) in [7, 11) is 0. The second kappa shape index (κ2) is 14.8. The Balaban J connectivity index is 0.994. The fourth-order valence-corrected chi connectivity index (χ4v) is 12.5. The predicted octanol–water partition coefficient (Wildman–Crippen LogP) is 16.8. The molecule has 2 unspecified atom stereocenters. The van der Waals surface area contributed by atoms with Gasteiger partial charge in [-0.1, -0.05) is 171 Å². The van der Waals surface area contributed by atoms with Gasteiger partial charge in [0.25, 0.3) is 0 Å². The number of furan rings is 1. The fourth-order valence-electron chi connectivity index (χ4n) is 12.5. The molecule has 1 aliphatic heterocycles. The van der Waals surface area contributed by atoms with Gasteiger partial charge in [0, 0.05) is 49.7 Å². The molecular weight excluding hydrogens is 839 g/mol. The lowest BCUT2D eigenvalue weighted by Gasteiger charge is -2.34. The van der Waals surface area contributed by atoms with E-state index in [2.05, 4.69) is 222 Å². The summed E-state index contributed by atoms with van der Waals surface area (Å²) in [5.74, 6) is 2.53. The quantitative estimate of drug-likeness (QED) is 0.170. The lowest BCUT2D eigenvalue weighted by Crippen LogP contribution is -2.19. The Labute approximate surface area is 399 Å². The first-order chi connectivity index (χ1) is 34.2. The molecule has 13 aromatic rings. The molecule has 0 spiro atoms. The summed E-state index contributed by atoms with van der Waals surface area (Å²) in [4.78, 5) is 5.98. The van der Waals surface area contributed by atoms with Crippen molar-refractivity contribution < 1.29 is 4.42 Å². The number of aromatic nitrogens is 2. The van der Waals surface area contributed by atoms with Gasteiger partial charge < -0.3 is 8.82 Å². The van der Waals surface area contributed by atoms with E-state index < -0.39 is 0 Å². The molecule has 4 heteroatoms. The number of para-hydroxylation sites is 3. The van der Waals surface area contributed by atoms with Gasteiger partial charge in [-0.05, 0) is 106 Å². The third-order valence-corrected chi connectivity index (χ3v) is 15.6. The van der Waals surface area contributed by atoms with Crippen molar-refractivity contribution in [2.75, 3.05) is 0 Å². The van der Waals surface area contributed by atoms with Crippen molar-refractivity contribution in [2.24, 2.45) is 4.99 Å². The maximum absolute atomic E-state index is 6.77. The van der Waals surface area contributed by atoms with Crippen LogP contribution in [0.5, 0.6) is 0 Å². The number of allylic oxidation sites excluding steroid dienone is 1. The third-order valence-electron chi connectivity index (χ3n) is 15.6. The van der Waals surface area contributed by atoms with Crippen molar-refractivity contribution in [3.8, 4) is 22.3 Å². The van der Waals surface area contributed by atoms with Crippen LogP contribution >= 0.6 is 0 Å². The van der Waals surface area contributed by atoms with Crippen molar-refractivity contribution in [1.29, 1.82) is 0 Å². The molecule has 4 nitrogen and oxygen atoms in total. The molecule has 0 saturated heterocycles. The van der Waals surface area contributed by atoms with E-state index in [0.717, 1.165) is 69.7 Å². The second-order valence-corrected chi connectivity index (χ2v) is 19.3. The summed E-state index contributed by atoms with van der Waals surface area (Å²) >= 11 is 0. The number of aryl methyl sites for hydroxylation is 1. The molecule has 1 aliphatic carbocycles. The monoisotopic (exact) mass is 883 g/mol. The minimum atomic E-state index is 0.279. The molecule has 2 aliphatic rings. The highest BCUT2D eigenvalue weighted by atomic mass is 16.3. The number of hydrogen-bond acceptors (Lipinski definition) is 2. The highest BCUT2D eigenvalue weighted by molar-refractivity contribution is 6.36. The third kappa shape index (κ3) is 5.60. The molecule has 0 bridgehead atoms. The molecule has 0 N–H and O–H groups in total. The summed E-state index contributed by atoms with van der Waals surface area (Å²) in [6, 6.07) is 73.8. The van der Waals surface area contributed by atoms with Crippen LogP contribution in [0.1, 0.15) is 58.8 Å². The standard InChI is InChI=1S/C65H45N3O/c1-39-51(35-40-17-4-2-5-18-40)45-22-9-8-21-44(45)46-33-32-43(36-52(39)46)64-62-50-25-12-15-28-58(50)69-59(62)29-16-30-60(66-64)67-54-26-13-10-23-48(54)61-57(67)38-53-47-34-31-42(41-19-6-3-7-20-41)37-56(47)68-55-27-14-11-24-49(55)63(61)65(53)68/h2-15,17-28,30-34,36-39,51H,16,29,35H2,1H3/b60-30+,66-64?. The van der Waals surface area contributed by atoms with E-state index >= 15 is 0 Å². The number of benzene rings is 9. The van der Waals surface area contributed by atoms with Crippen LogP contribution in [0.2, 0.25) is 0 Å². The van der Waals surface area contributed by atoms with Crippen LogP contribution < -0.4 is 0 Å². The Bertz CT molecular complexity index is 4300. The van der Waals surface area contributed by atoms with Crippen LogP contribution in [0, 0.1) is 0 Å². The predicted molar refractivity (Wildman–Crippen MR) is 287 cm³/mol. The number of aliphatic imine (C=N–C) groups is 1. The summed E-state index contributed by atoms with van der Waals surface area (Å²) in [5, 5.41) is 8.64. The summed E-state index contributed by atoms with van der Waals surface area (Å²) < 4.78 is 11.8. The molecule has 326 valence electrons. The molecule has 9 aromatic carbocycles. The average molecular weight is 884 g/mol. The smallest absolute Gasteiger partial charge is 0.134 e. The van der Waals surface area contributed by atoms with Gasteiger partial charge in [-0.2, -0.15) is 0 Å². The zero-order valence-electron chi connectivity index (χ0n) is 38.2. The largest absolute Gasteiger partial charge is 0.460 e. The molecule has 0 amide bonds. The van der Waals surface area contributed by atoms with Crippen LogP contribution in [-0.2, 0) is 12.8 Å². The maximum atomic E-state index is 6.77. The Morgan fingerprint density at radius 1 is 0.522 bits per heavy atom. The van der Waals surface area contributed by atoms with Crippen molar-refractivity contribution in [3.63, 3.8) is 0 Å². The van der Waals surface area contributed by atoms with E-state index in [0.29, 0.717) is 5.92 Å². The maximum Gasteiger partial charge on any atom is 0.134 e. The van der Waals surface area contributed by atoms with Gasteiger partial charge >= 0.3 is 0 Å². The average Bonchev–Trinajstić information content (AvgIpc) is 4.13. The lowest BCUT2D eigenvalue weighted by atomic mass is 9.70. The fraction of sp³-hybridized carbons (Fsp3) is 0.0923. The van der Waals surface area contributed by atoms with E-state index in [-0.39, 0.29) is 5.92 Å². The second-order valence-electron chi connectivity index (χ2n) is 19.3. The zero-order chi connectivity index (χ0) is 45.3. The van der Waals surface area contributed by atoms with Crippen LogP contribution in [-0.4, -0.2) is 14.7 Å². The number of rotatable bonds is 5. The zero-order valence-corrected chi connectivity index (χ0v) is 38.2. The first-order valence-corrected chi connectivity index (χ1v) is 24.4. The lowest BCUT2D eigenvalue weighted by molar-refractivity contribution is 0.548. The molecule has 0 saturated carbocycles. The van der Waals surface area contributed by atoms with Crippen molar-refractivity contribution in [1.82, 2.24) is 8.97 Å². The molecule has 0 radical (unpaired) electrons. The van der Waals surface area contributed by atoms with E-state index in [9.17, 15) is 0 Å². The Hall–Kier alpha value is -8.47. The first kappa shape index (κ1) is 38.6. The Morgan fingerprint density at radius 2 is 1.22 bits per heavy atom. The molecule has 69 heavy (non-hydrogen) atoms. The van der Waals surface area contributed by atoms with Gasteiger partial charge in [0.15, 0.2) is 0 Å². The Morgan fingerprint density at radius 3 is 2.07 bits per heavy atom. The summed E-state index contributed by atoms with van der Waals surface area (Å²) in [6.07, 6.45) is 4.87. The molecule has 15 rings (SSSR count). The van der Waals surface area contributed by atoms with E-state index in [1.165, 1.54) is 87.8 Å². The first-order valence-electron chi connectivity index (χ1n) is 24.4. The van der Waals surface area contributed by atoms with Gasteiger partial charge in [-0.15, -0.1) is 0 Å². The van der Waals surface area contributed by atoms with Gasteiger partial charge in [-0.3, -0.25) is 4.57 Å². The van der Waals surface area contributed by atoms with Crippen LogP contribution in [0.25, 0.3) is 98.9 Å². The minimum Gasteiger partial charge on any atom is -0.460 e. The number of fused-ring (bicyclic) bond motifs is 16. The molecule has 2 atom stereocenters. The minimum absolute atomic E-state index is 0.279. The Kier molecular flexibility index (Phi) is 8.26. The van der Waals surface area contributed by atoms with E-state index in [4.69, 9.17) is 9.41 Å². The van der Waals surface area contributed by atoms with Crippen LogP contribution in [0.4, 0.5) is 0 Å². The van der Waals surface area contributed by atoms with E-state index in [1.54, 1.807) is 0 Å². The van der Waals surface area contributed by atoms with E-state index in [1.807, 2.05) is 0 Å². The molecule has 5 heterocycles. The molecule has 0 fully saturated rings. The number of nitrogens with zero attached hydrogens (tertiary/aromatic N) is 3. The van der Waals surface area contributed by atoms with Gasteiger partial charge in [-0.25, -0.2) is 4.99 Å². The normalized spacial score (nSPS) is 16.8. The SMILES string of the molecule is CC1c2cc(C3=N/C(n4c5ccccc5c5c6c7ccccc7n7c8cc(-c9ccccc9)ccc8c(cc54)c67)=C\CCc4oc5ccccc5c43)ccc2-c2ccccc2C1Cc1ccccc1. The van der Waals surface area contributed by atoms with Crippen LogP contribution in [0.15, 0.2) is 216 Å². The summed E-state index contributed by atoms with van der Waals surface area (Å²) in [6.45, 7) is 2.43.